The van der Waals surface area contributed by atoms with Crippen LogP contribution in [0.2, 0.25) is 6.32 Å². The van der Waals surface area contributed by atoms with E-state index in [4.69, 9.17) is 14.2 Å². The van der Waals surface area contributed by atoms with Gasteiger partial charge in [-0.1, -0.05) is 56.2 Å². The van der Waals surface area contributed by atoms with Crippen molar-refractivity contribution in [3.05, 3.63) is 72.8 Å². The third-order valence-electron chi connectivity index (χ3n) is 8.73. The maximum atomic E-state index is 5.41. The lowest BCUT2D eigenvalue weighted by Gasteiger charge is -2.43. The highest BCUT2D eigenvalue weighted by molar-refractivity contribution is 7.75. The summed E-state index contributed by atoms with van der Waals surface area (Å²) in [4.78, 5) is 0. The molecule has 3 aromatic rings. The first-order chi connectivity index (χ1) is 18.4. The van der Waals surface area contributed by atoms with E-state index in [-0.39, 0.29) is 0 Å². The van der Waals surface area contributed by atoms with Gasteiger partial charge in [0.25, 0.3) is 0 Å². The van der Waals surface area contributed by atoms with E-state index in [1.165, 1.54) is 41.0 Å². The number of unbranched alkanes of at least 4 members (excludes halogenated alkanes) is 1. The Bertz CT molecular complexity index is 912. The van der Waals surface area contributed by atoms with Crippen molar-refractivity contribution in [1.82, 2.24) is 0 Å². The first-order valence-corrected chi connectivity index (χ1v) is 16.9. The molecule has 0 unspecified atom stereocenters. The Labute approximate surface area is 233 Å². The van der Waals surface area contributed by atoms with Crippen molar-refractivity contribution in [2.75, 3.05) is 46.0 Å². The summed E-state index contributed by atoms with van der Waals surface area (Å²) in [5, 5.41) is 0. The summed E-state index contributed by atoms with van der Waals surface area (Å²) in [7, 11) is 4.70. The molecule has 38 heavy (non-hydrogen) atoms. The molecule has 3 rings (SSSR count). The zero-order valence-electron chi connectivity index (χ0n) is 25.1. The first-order valence-electron chi connectivity index (χ1n) is 14.4. The maximum absolute atomic E-state index is 5.41. The van der Waals surface area contributed by atoms with E-state index >= 15 is 0 Å². The van der Waals surface area contributed by atoms with Gasteiger partial charge in [-0.05, 0) is 64.1 Å². The number of hydrogen-bond acceptors (Lipinski definition) is 3. The van der Waals surface area contributed by atoms with Gasteiger partial charge in [-0.2, -0.15) is 22.7 Å². The molecule has 0 fully saturated rings. The van der Waals surface area contributed by atoms with Crippen LogP contribution in [-0.4, -0.2) is 52.1 Å². The van der Waals surface area contributed by atoms with Crippen molar-refractivity contribution in [2.45, 2.75) is 53.8 Å². The zero-order valence-corrected chi connectivity index (χ0v) is 26.0. The van der Waals surface area contributed by atoms with Gasteiger partial charge in [0.05, 0.1) is 52.1 Å². The molecule has 0 aliphatic heterocycles. The van der Waals surface area contributed by atoms with Gasteiger partial charge in [-0.15, -0.1) is 0 Å². The van der Waals surface area contributed by atoms with E-state index in [2.05, 4.69) is 107 Å². The molecule has 0 saturated carbocycles. The molecule has 3 aromatic carbocycles. The molecule has 0 aliphatic rings. The van der Waals surface area contributed by atoms with Gasteiger partial charge in [0.15, 0.2) is 0 Å². The molecular formula is C33H50BO3P. The summed E-state index contributed by atoms with van der Waals surface area (Å²) >= 11 is 0. The van der Waals surface area contributed by atoms with Crippen LogP contribution in [-0.2, 0) is 0 Å². The van der Waals surface area contributed by atoms with Crippen LogP contribution in [0.15, 0.2) is 72.8 Å². The highest BCUT2D eigenvalue weighted by Crippen LogP contribution is 2.57. The molecule has 5 heteroatoms. The SMILES string of the molecule is CCCC[B-](c1ccc(OC)cc1)(c1ccc(OC)cc1)c1ccc(OC)cc1.CC[P+](CC)(CC)CC. The van der Waals surface area contributed by atoms with Crippen molar-refractivity contribution in [2.24, 2.45) is 0 Å². The van der Waals surface area contributed by atoms with Crippen molar-refractivity contribution in [1.29, 1.82) is 0 Å². The van der Waals surface area contributed by atoms with E-state index in [0.29, 0.717) is 0 Å². The molecule has 0 radical (unpaired) electrons. The third kappa shape index (κ3) is 7.57. The molecule has 208 valence electrons. The quantitative estimate of drug-likeness (QED) is 0.173. The minimum absolute atomic E-state index is 0.420. The smallest absolute Gasteiger partial charge is 0.118 e. The zero-order chi connectivity index (χ0) is 28.0. The monoisotopic (exact) mass is 536 g/mol. The number of benzene rings is 3. The molecule has 0 aromatic heterocycles. The average Bonchev–Trinajstić information content (AvgIpc) is 3.00. The highest BCUT2D eigenvalue weighted by Gasteiger charge is 2.30. The number of hydrogen-bond donors (Lipinski definition) is 0. The topological polar surface area (TPSA) is 27.7 Å². The van der Waals surface area contributed by atoms with Crippen molar-refractivity contribution >= 4 is 29.8 Å². The summed E-state index contributed by atoms with van der Waals surface area (Å²) in [6, 6.07) is 25.6. The minimum atomic E-state index is -1.14. The van der Waals surface area contributed by atoms with Crippen LogP contribution in [0.1, 0.15) is 47.5 Å². The predicted molar refractivity (Wildman–Crippen MR) is 172 cm³/mol. The molecule has 0 atom stereocenters. The lowest BCUT2D eigenvalue weighted by Crippen LogP contribution is -2.66. The predicted octanol–water partition coefficient (Wildman–Crippen LogP) is 7.07. The van der Waals surface area contributed by atoms with Crippen LogP contribution >= 0.6 is 7.26 Å². The Hall–Kier alpha value is -2.45. The van der Waals surface area contributed by atoms with Gasteiger partial charge in [-0.3, -0.25) is 0 Å². The molecule has 0 N–H and O–H groups in total. The normalized spacial score (nSPS) is 11.4. The van der Waals surface area contributed by atoms with Crippen LogP contribution in [0.5, 0.6) is 17.2 Å². The lowest BCUT2D eigenvalue weighted by molar-refractivity contribution is 0.415. The molecule has 0 heterocycles. The fourth-order valence-corrected chi connectivity index (χ4v) is 8.41. The minimum Gasteiger partial charge on any atom is -0.497 e. The molecule has 3 nitrogen and oxygen atoms in total. The number of ether oxygens (including phenoxy) is 3. The van der Waals surface area contributed by atoms with Crippen molar-refractivity contribution in [3.63, 3.8) is 0 Å². The standard InChI is InChI=1S/C25H30BO3.C8H20P/c1-5-6-19-26(20-7-13-23(27-2)14-8-20,21-9-15-24(28-3)16-10-21)22-11-17-25(29-4)18-12-22;1-5-9(6-2,7-3)8-4/h7-18H,5-6,19H2,1-4H3;5-8H2,1-4H3/q-1;+1. The van der Waals surface area contributed by atoms with Crippen LogP contribution in [0.3, 0.4) is 0 Å². The molecule has 0 saturated heterocycles. The highest BCUT2D eigenvalue weighted by atomic mass is 31.2. The fourth-order valence-electron chi connectivity index (χ4n) is 5.73. The van der Waals surface area contributed by atoms with Crippen LogP contribution in [0, 0.1) is 0 Å². The number of rotatable bonds is 13. The Morgan fingerprint density at radius 1 is 0.500 bits per heavy atom. The first kappa shape index (κ1) is 31.8. The largest absolute Gasteiger partial charge is 0.497 e. The van der Waals surface area contributed by atoms with E-state index < -0.39 is 13.4 Å². The van der Waals surface area contributed by atoms with E-state index in [9.17, 15) is 0 Å². The number of methoxy groups -OCH3 is 3. The molecule has 0 aliphatic carbocycles. The van der Waals surface area contributed by atoms with Crippen LogP contribution in [0.4, 0.5) is 0 Å². The summed E-state index contributed by atoms with van der Waals surface area (Å²) < 4.78 is 16.2. The summed E-state index contributed by atoms with van der Waals surface area (Å²) in [6.07, 6.45) is 8.04. The molecule has 0 spiro atoms. The van der Waals surface area contributed by atoms with Crippen LogP contribution in [0.25, 0.3) is 0 Å². The Morgan fingerprint density at radius 2 is 0.789 bits per heavy atom. The lowest BCUT2D eigenvalue weighted by atomic mass is 9.14. The molecular weight excluding hydrogens is 486 g/mol. The van der Waals surface area contributed by atoms with E-state index in [1.807, 2.05) is 0 Å². The fraction of sp³-hybridized carbons (Fsp3) is 0.455. The van der Waals surface area contributed by atoms with E-state index in [1.54, 1.807) is 21.3 Å². The maximum Gasteiger partial charge on any atom is 0.118 e. The van der Waals surface area contributed by atoms with Gasteiger partial charge in [0.2, 0.25) is 0 Å². The third-order valence-corrected chi connectivity index (χ3v) is 14.1. The van der Waals surface area contributed by atoms with Gasteiger partial charge in [0, 0.05) is 7.26 Å². The van der Waals surface area contributed by atoms with Crippen molar-refractivity contribution < 1.29 is 14.2 Å². The average molecular weight is 537 g/mol. The molecule has 0 bridgehead atoms. The van der Waals surface area contributed by atoms with E-state index in [0.717, 1.165) is 36.4 Å². The van der Waals surface area contributed by atoms with Crippen molar-refractivity contribution in [3.8, 4) is 17.2 Å². The Balaban J connectivity index is 0.000000484. The van der Waals surface area contributed by atoms with Gasteiger partial charge in [-0.25, -0.2) is 0 Å². The summed E-state index contributed by atoms with van der Waals surface area (Å²) in [5.74, 6) is 2.62. The second-order valence-electron chi connectivity index (χ2n) is 10.1. The summed E-state index contributed by atoms with van der Waals surface area (Å²) in [5.41, 5.74) is 3.94. The van der Waals surface area contributed by atoms with Crippen LogP contribution < -0.4 is 30.6 Å². The summed E-state index contributed by atoms with van der Waals surface area (Å²) in [6.45, 7) is 11.7. The van der Waals surface area contributed by atoms with Gasteiger partial charge < -0.3 is 14.2 Å². The van der Waals surface area contributed by atoms with Gasteiger partial charge in [0.1, 0.15) is 17.2 Å². The second-order valence-corrected chi connectivity index (χ2v) is 15.3. The second kappa shape index (κ2) is 15.8. The van der Waals surface area contributed by atoms with Gasteiger partial charge >= 0.3 is 0 Å². The Morgan fingerprint density at radius 3 is 0.974 bits per heavy atom. The molecule has 0 amide bonds. The Kier molecular flexibility index (Phi) is 13.2.